The van der Waals surface area contributed by atoms with E-state index >= 15 is 0 Å². The summed E-state index contributed by atoms with van der Waals surface area (Å²) in [6.45, 7) is 0.430. The van der Waals surface area contributed by atoms with Crippen molar-refractivity contribution in [3.05, 3.63) is 48.0 Å². The van der Waals surface area contributed by atoms with Crippen molar-refractivity contribution in [2.45, 2.75) is 30.1 Å². The molecular weight excluding hydrogens is 386 g/mol. The molecule has 1 heterocycles. The maximum absolute atomic E-state index is 12.6. The predicted octanol–water partition coefficient (Wildman–Crippen LogP) is 3.25. The van der Waals surface area contributed by atoms with Crippen LogP contribution in [-0.2, 0) is 9.59 Å². The number of likely N-dealkylation sites (tertiary alicyclic amines) is 1. The Morgan fingerprint density at radius 1 is 1.16 bits per heavy atom. The van der Waals surface area contributed by atoms with Gasteiger partial charge in [-0.15, -0.1) is 0 Å². The predicted molar refractivity (Wildman–Crippen MR) is 98.0 cm³/mol. The molecule has 1 N–H and O–H groups in total. The average molecular weight is 404 g/mol. The van der Waals surface area contributed by atoms with Crippen LogP contribution < -0.4 is 0 Å². The summed E-state index contributed by atoms with van der Waals surface area (Å²) in [6.07, 6.45) is 1.09. The highest BCUT2D eigenvalue weighted by Gasteiger charge is 2.35. The van der Waals surface area contributed by atoms with E-state index in [0.29, 0.717) is 24.9 Å². The highest BCUT2D eigenvalue weighted by Crippen LogP contribution is 2.23. The van der Waals surface area contributed by atoms with Crippen LogP contribution in [0.2, 0.25) is 0 Å². The fourth-order valence-electron chi connectivity index (χ4n) is 3.21. The molecule has 1 amide bonds. The topological polar surface area (TPSA) is 74.7 Å². The number of hydrogen-bond donors (Lipinski definition) is 1. The van der Waals surface area contributed by atoms with Crippen molar-refractivity contribution in [1.29, 1.82) is 0 Å². The number of nitrogens with zero attached hydrogens (tertiary/aromatic N) is 1. The second kappa shape index (κ2) is 7.35. The number of benzene rings is 2. The number of aliphatic carboxylic acids is 1. The SMILES string of the molecule is O=C(c1ccc2ccccc2c1)C(Br)CC(=O)N1CCC[C@H]1C(=O)O. The van der Waals surface area contributed by atoms with Crippen LogP contribution in [0, 0.1) is 0 Å². The maximum atomic E-state index is 12.6. The molecule has 2 aromatic carbocycles. The van der Waals surface area contributed by atoms with Crippen molar-refractivity contribution in [2.75, 3.05) is 6.54 Å². The fraction of sp³-hybridized carbons (Fsp3) is 0.316. The number of amides is 1. The summed E-state index contributed by atoms with van der Waals surface area (Å²) >= 11 is 3.30. The molecule has 25 heavy (non-hydrogen) atoms. The number of alkyl halides is 1. The first kappa shape index (κ1) is 17.6. The van der Waals surface area contributed by atoms with E-state index in [2.05, 4.69) is 15.9 Å². The third kappa shape index (κ3) is 3.74. The smallest absolute Gasteiger partial charge is 0.326 e. The molecule has 2 atom stereocenters. The molecule has 3 rings (SSSR count). The molecule has 0 radical (unpaired) electrons. The van der Waals surface area contributed by atoms with Gasteiger partial charge >= 0.3 is 5.97 Å². The summed E-state index contributed by atoms with van der Waals surface area (Å²) in [5.74, 6) is -1.47. The number of carboxylic acids is 1. The number of carbonyl (C=O) groups excluding carboxylic acids is 2. The van der Waals surface area contributed by atoms with Gasteiger partial charge < -0.3 is 10.0 Å². The van der Waals surface area contributed by atoms with Crippen LogP contribution in [0.25, 0.3) is 10.8 Å². The van der Waals surface area contributed by atoms with Gasteiger partial charge in [0.1, 0.15) is 6.04 Å². The number of hydrogen-bond acceptors (Lipinski definition) is 3. The summed E-state index contributed by atoms with van der Waals surface area (Å²) < 4.78 is 0. The lowest BCUT2D eigenvalue weighted by Gasteiger charge is -2.22. The second-order valence-electron chi connectivity index (χ2n) is 6.18. The highest BCUT2D eigenvalue weighted by molar-refractivity contribution is 9.10. The number of carbonyl (C=O) groups is 3. The molecule has 130 valence electrons. The number of fused-ring (bicyclic) bond motifs is 1. The van der Waals surface area contributed by atoms with E-state index in [1.165, 1.54) is 4.90 Å². The van der Waals surface area contributed by atoms with Gasteiger partial charge in [0.25, 0.3) is 0 Å². The minimum atomic E-state index is -0.988. The molecule has 1 fully saturated rings. The molecular formula is C19H18BrNO4. The molecule has 0 aromatic heterocycles. The van der Waals surface area contributed by atoms with E-state index in [9.17, 15) is 19.5 Å². The minimum Gasteiger partial charge on any atom is -0.480 e. The molecule has 6 heteroatoms. The minimum absolute atomic E-state index is 0.0462. The Labute approximate surface area is 153 Å². The number of rotatable bonds is 5. The number of carboxylic acid groups (broad SMARTS) is 1. The Bertz CT molecular complexity index is 835. The molecule has 0 saturated carbocycles. The zero-order valence-corrected chi connectivity index (χ0v) is 15.1. The first-order valence-electron chi connectivity index (χ1n) is 8.17. The molecule has 2 aromatic rings. The first-order chi connectivity index (χ1) is 12.0. The molecule has 1 unspecified atom stereocenters. The van der Waals surface area contributed by atoms with Crippen LogP contribution in [0.1, 0.15) is 29.6 Å². The maximum Gasteiger partial charge on any atom is 0.326 e. The zero-order valence-electron chi connectivity index (χ0n) is 13.5. The number of ketones is 1. The lowest BCUT2D eigenvalue weighted by Crippen LogP contribution is -2.41. The van der Waals surface area contributed by atoms with E-state index < -0.39 is 16.8 Å². The van der Waals surface area contributed by atoms with Crippen molar-refractivity contribution in [3.63, 3.8) is 0 Å². The van der Waals surface area contributed by atoms with Gasteiger partial charge in [0, 0.05) is 18.5 Å². The van der Waals surface area contributed by atoms with E-state index in [4.69, 9.17) is 0 Å². The van der Waals surface area contributed by atoms with E-state index in [1.54, 1.807) is 6.07 Å². The van der Waals surface area contributed by atoms with Crippen molar-refractivity contribution < 1.29 is 19.5 Å². The average Bonchev–Trinajstić information content (AvgIpc) is 3.10. The van der Waals surface area contributed by atoms with Crippen LogP contribution in [0.4, 0.5) is 0 Å². The van der Waals surface area contributed by atoms with Crippen LogP contribution in [0.5, 0.6) is 0 Å². The van der Waals surface area contributed by atoms with Crippen molar-refractivity contribution in [1.82, 2.24) is 4.90 Å². The Morgan fingerprint density at radius 2 is 1.88 bits per heavy atom. The lowest BCUT2D eigenvalue weighted by atomic mass is 10.0. The molecule has 1 aliphatic heterocycles. The van der Waals surface area contributed by atoms with Gasteiger partial charge in [0.2, 0.25) is 5.91 Å². The van der Waals surface area contributed by atoms with Crippen LogP contribution in [-0.4, -0.2) is 45.1 Å². The normalized spacial score (nSPS) is 18.3. The largest absolute Gasteiger partial charge is 0.480 e. The monoisotopic (exact) mass is 403 g/mol. The molecule has 1 saturated heterocycles. The first-order valence-corrected chi connectivity index (χ1v) is 9.08. The Kier molecular flexibility index (Phi) is 5.18. The Morgan fingerprint density at radius 3 is 2.60 bits per heavy atom. The Balaban J connectivity index is 1.71. The summed E-state index contributed by atoms with van der Waals surface area (Å²) in [7, 11) is 0. The standard InChI is InChI=1S/C19H18BrNO4/c20-15(11-17(22)21-9-3-6-16(21)19(24)25)18(23)14-8-7-12-4-1-2-5-13(12)10-14/h1-2,4-5,7-8,10,15-16H,3,6,9,11H2,(H,24,25)/t15?,16-/m0/s1. The van der Waals surface area contributed by atoms with Gasteiger partial charge in [-0.3, -0.25) is 9.59 Å². The lowest BCUT2D eigenvalue weighted by molar-refractivity contribution is -0.148. The summed E-state index contributed by atoms with van der Waals surface area (Å²) in [5.41, 5.74) is 0.532. The molecule has 1 aliphatic rings. The summed E-state index contributed by atoms with van der Waals surface area (Å²) in [6, 6.07) is 12.4. The van der Waals surface area contributed by atoms with Gasteiger partial charge in [-0.2, -0.15) is 0 Å². The third-order valence-electron chi connectivity index (χ3n) is 4.53. The second-order valence-corrected chi connectivity index (χ2v) is 7.29. The van der Waals surface area contributed by atoms with Gasteiger partial charge in [-0.25, -0.2) is 4.79 Å². The van der Waals surface area contributed by atoms with Gasteiger partial charge in [0.15, 0.2) is 5.78 Å². The Hall–Kier alpha value is -2.21. The quantitative estimate of drug-likeness (QED) is 0.613. The third-order valence-corrected chi connectivity index (χ3v) is 5.27. The number of Topliss-reactive ketones (excluding diaryl/α,β-unsaturated/α-hetero) is 1. The van der Waals surface area contributed by atoms with E-state index in [1.807, 2.05) is 36.4 Å². The van der Waals surface area contributed by atoms with Crippen LogP contribution in [0.15, 0.2) is 42.5 Å². The van der Waals surface area contributed by atoms with Gasteiger partial charge in [-0.1, -0.05) is 52.3 Å². The summed E-state index contributed by atoms with van der Waals surface area (Å²) in [4.78, 5) is 36.9. The molecule has 0 bridgehead atoms. The summed E-state index contributed by atoms with van der Waals surface area (Å²) in [5, 5.41) is 11.2. The zero-order chi connectivity index (χ0) is 18.0. The van der Waals surface area contributed by atoms with Crippen LogP contribution >= 0.6 is 15.9 Å². The van der Waals surface area contributed by atoms with Crippen molar-refractivity contribution >= 4 is 44.4 Å². The van der Waals surface area contributed by atoms with Crippen LogP contribution in [0.3, 0.4) is 0 Å². The van der Waals surface area contributed by atoms with Crippen molar-refractivity contribution in [2.24, 2.45) is 0 Å². The number of halogens is 1. The van der Waals surface area contributed by atoms with Gasteiger partial charge in [-0.05, 0) is 29.7 Å². The molecule has 5 nitrogen and oxygen atoms in total. The van der Waals surface area contributed by atoms with E-state index in [-0.39, 0.29) is 18.1 Å². The van der Waals surface area contributed by atoms with Gasteiger partial charge in [0.05, 0.1) is 4.83 Å². The fourth-order valence-corrected chi connectivity index (χ4v) is 3.75. The molecule has 0 aliphatic carbocycles. The van der Waals surface area contributed by atoms with E-state index in [0.717, 1.165) is 10.8 Å². The highest BCUT2D eigenvalue weighted by atomic mass is 79.9. The van der Waals surface area contributed by atoms with Crippen molar-refractivity contribution in [3.8, 4) is 0 Å². The molecule has 0 spiro atoms.